The Morgan fingerprint density at radius 1 is 0.780 bits per heavy atom. The van der Waals surface area contributed by atoms with E-state index in [0.717, 1.165) is 35.4 Å². The Morgan fingerprint density at radius 2 is 1.48 bits per heavy atom. The van der Waals surface area contributed by atoms with E-state index in [-0.39, 0.29) is 22.1 Å². The fourth-order valence-corrected chi connectivity index (χ4v) is 9.72. The van der Waals surface area contributed by atoms with Crippen LogP contribution in [0.4, 0.5) is 11.4 Å². The molecule has 1 aromatic heterocycles. The molecule has 4 aliphatic rings. The number of thiophene rings is 1. The molecule has 3 aliphatic carbocycles. The lowest BCUT2D eigenvalue weighted by molar-refractivity contribution is 0.0651. The number of carboxylic acids is 2. The zero-order chi connectivity index (χ0) is 34.6. The number of rotatable bonds is 5. The number of ketones is 2. The molecule has 8 heteroatoms. The average Bonchev–Trinajstić information content (AvgIpc) is 3.92. The number of anilines is 2. The summed E-state index contributed by atoms with van der Waals surface area (Å²) in [5.74, 6) is -3.74. The average molecular weight is 678 g/mol. The molecule has 0 bridgehead atoms. The summed E-state index contributed by atoms with van der Waals surface area (Å²) in [6.07, 6.45) is 4.98. The van der Waals surface area contributed by atoms with E-state index in [0.29, 0.717) is 16.8 Å². The molecule has 2 N–H and O–H groups in total. The van der Waals surface area contributed by atoms with Gasteiger partial charge in [-0.05, 0) is 101 Å². The van der Waals surface area contributed by atoms with Crippen molar-refractivity contribution < 1.29 is 29.4 Å². The second-order valence-corrected chi connectivity index (χ2v) is 15.2. The van der Waals surface area contributed by atoms with Crippen LogP contribution < -0.4 is 4.90 Å². The first-order valence-corrected chi connectivity index (χ1v) is 17.6. The highest BCUT2D eigenvalue weighted by atomic mass is 32.1. The third-order valence-corrected chi connectivity index (χ3v) is 12.2. The van der Waals surface area contributed by atoms with E-state index in [4.69, 9.17) is 0 Å². The van der Waals surface area contributed by atoms with Crippen LogP contribution in [-0.4, -0.2) is 39.8 Å². The van der Waals surface area contributed by atoms with Gasteiger partial charge in [-0.1, -0.05) is 56.7 Å². The number of hydrogen-bond acceptors (Lipinski definition) is 6. The smallest absolute Gasteiger partial charge is 0.336 e. The number of carboxylic acid groups (broad SMARTS) is 2. The standard InChI is InChI=1S/C42H31NO6S/c1-42(2)33-8-4-3-6-24(33)25-13-11-22(17-34(25)42)43-35-9-5-7-26(35)27-16-21(10-14-36(27)43)37-15-12-23(50-37)18-32-38(44)28-19-30(40(46)47)31(41(48)49)20-29(28)39(32)45/h3-4,6,8,10-20,26,35H,5,7,9H2,1-2H3,(H,46,47)(H,48,49). The van der Waals surface area contributed by atoms with E-state index >= 15 is 0 Å². The predicted molar refractivity (Wildman–Crippen MR) is 193 cm³/mol. The molecule has 0 amide bonds. The van der Waals surface area contributed by atoms with Crippen molar-refractivity contribution in [2.75, 3.05) is 4.90 Å². The van der Waals surface area contributed by atoms with Gasteiger partial charge in [0.25, 0.3) is 0 Å². The molecule has 4 aromatic carbocycles. The van der Waals surface area contributed by atoms with Crippen molar-refractivity contribution in [3.63, 3.8) is 0 Å². The summed E-state index contributed by atoms with van der Waals surface area (Å²) in [6, 6.07) is 28.6. The molecule has 7 nitrogen and oxygen atoms in total. The maximum Gasteiger partial charge on any atom is 0.336 e. The number of benzene rings is 4. The monoisotopic (exact) mass is 677 g/mol. The minimum Gasteiger partial charge on any atom is -0.478 e. The van der Waals surface area contributed by atoms with Gasteiger partial charge in [0.1, 0.15) is 0 Å². The first kappa shape index (κ1) is 30.5. The molecular formula is C42H31NO6S. The molecular weight excluding hydrogens is 647 g/mol. The summed E-state index contributed by atoms with van der Waals surface area (Å²) in [7, 11) is 0. The molecule has 1 saturated carbocycles. The summed E-state index contributed by atoms with van der Waals surface area (Å²) >= 11 is 1.46. The molecule has 50 heavy (non-hydrogen) atoms. The van der Waals surface area contributed by atoms with E-state index in [1.165, 1.54) is 63.0 Å². The van der Waals surface area contributed by atoms with E-state index in [1.807, 2.05) is 12.1 Å². The van der Waals surface area contributed by atoms with Crippen molar-refractivity contribution in [3.05, 3.63) is 134 Å². The third kappa shape index (κ3) is 4.27. The molecule has 2 atom stereocenters. The molecule has 1 aliphatic heterocycles. The minimum absolute atomic E-state index is 0.0745. The Kier molecular flexibility index (Phi) is 6.52. The van der Waals surface area contributed by atoms with Crippen LogP contribution in [0.3, 0.4) is 0 Å². The highest BCUT2D eigenvalue weighted by Crippen LogP contribution is 2.55. The quantitative estimate of drug-likeness (QED) is 0.141. The second-order valence-electron chi connectivity index (χ2n) is 14.1. The van der Waals surface area contributed by atoms with Crippen molar-refractivity contribution >= 4 is 52.3 Å². The van der Waals surface area contributed by atoms with Crippen molar-refractivity contribution in [1.29, 1.82) is 0 Å². The number of Topliss-reactive ketones (excluding diaryl/α,β-unsaturated/α-hetero) is 2. The summed E-state index contributed by atoms with van der Waals surface area (Å²) in [6.45, 7) is 4.63. The number of allylic oxidation sites excluding steroid dienone is 1. The van der Waals surface area contributed by atoms with E-state index in [1.54, 1.807) is 0 Å². The zero-order valence-electron chi connectivity index (χ0n) is 27.3. The topological polar surface area (TPSA) is 112 Å². The molecule has 9 rings (SSSR count). The zero-order valence-corrected chi connectivity index (χ0v) is 28.1. The number of fused-ring (bicyclic) bond motifs is 7. The van der Waals surface area contributed by atoms with E-state index in [9.17, 15) is 29.4 Å². The number of hydrogen-bond donors (Lipinski definition) is 2. The van der Waals surface area contributed by atoms with Gasteiger partial charge in [0.15, 0.2) is 11.6 Å². The van der Waals surface area contributed by atoms with Gasteiger partial charge in [-0.3, -0.25) is 9.59 Å². The molecule has 0 saturated heterocycles. The normalized spacial score (nSPS) is 19.2. The molecule has 2 unspecified atom stereocenters. The Bertz CT molecular complexity index is 2360. The van der Waals surface area contributed by atoms with Crippen LogP contribution in [0, 0.1) is 0 Å². The van der Waals surface area contributed by atoms with Gasteiger partial charge in [-0.15, -0.1) is 11.3 Å². The van der Waals surface area contributed by atoms with Gasteiger partial charge in [0.05, 0.1) is 16.7 Å². The first-order valence-electron chi connectivity index (χ1n) is 16.8. The van der Waals surface area contributed by atoms with Crippen LogP contribution in [0.15, 0.2) is 90.5 Å². The fourth-order valence-electron chi connectivity index (χ4n) is 8.77. The Morgan fingerprint density at radius 3 is 2.20 bits per heavy atom. The van der Waals surface area contributed by atoms with Gasteiger partial charge in [-0.25, -0.2) is 9.59 Å². The van der Waals surface area contributed by atoms with Crippen LogP contribution in [-0.2, 0) is 5.41 Å². The lowest BCUT2D eigenvalue weighted by Gasteiger charge is -2.29. The Hall–Kier alpha value is -5.60. The highest BCUT2D eigenvalue weighted by molar-refractivity contribution is 7.16. The largest absolute Gasteiger partial charge is 0.478 e. The van der Waals surface area contributed by atoms with Gasteiger partial charge in [0, 0.05) is 49.6 Å². The molecule has 246 valence electrons. The number of aromatic carboxylic acids is 2. The van der Waals surface area contributed by atoms with Crippen molar-refractivity contribution in [3.8, 4) is 21.6 Å². The molecule has 1 fully saturated rings. The van der Waals surface area contributed by atoms with Gasteiger partial charge >= 0.3 is 11.9 Å². The Labute approximate surface area is 292 Å². The number of carbonyl (C=O) groups excluding carboxylic acids is 2. The van der Waals surface area contributed by atoms with E-state index in [2.05, 4.69) is 79.4 Å². The van der Waals surface area contributed by atoms with Crippen molar-refractivity contribution in [2.24, 2.45) is 0 Å². The molecule has 0 spiro atoms. The maximum absolute atomic E-state index is 13.3. The third-order valence-electron chi connectivity index (χ3n) is 11.1. The summed E-state index contributed by atoms with van der Waals surface area (Å²) < 4.78 is 0. The van der Waals surface area contributed by atoms with Crippen LogP contribution in [0.1, 0.15) is 102 Å². The molecule has 5 aromatic rings. The fraction of sp³-hybridized carbons (Fsp3) is 0.190. The van der Waals surface area contributed by atoms with E-state index < -0.39 is 34.6 Å². The van der Waals surface area contributed by atoms with Crippen LogP contribution >= 0.6 is 11.3 Å². The Balaban J connectivity index is 1.04. The van der Waals surface area contributed by atoms with Gasteiger partial charge < -0.3 is 15.1 Å². The summed E-state index contributed by atoms with van der Waals surface area (Å²) in [5, 5.41) is 19.0. The lowest BCUT2D eigenvalue weighted by atomic mass is 9.82. The van der Waals surface area contributed by atoms with Gasteiger partial charge in [0.2, 0.25) is 0 Å². The van der Waals surface area contributed by atoms with Crippen molar-refractivity contribution in [2.45, 2.75) is 50.5 Å². The highest BCUT2D eigenvalue weighted by Gasteiger charge is 2.43. The predicted octanol–water partition coefficient (Wildman–Crippen LogP) is 9.37. The second kappa shape index (κ2) is 10.7. The van der Waals surface area contributed by atoms with Crippen LogP contribution in [0.5, 0.6) is 0 Å². The van der Waals surface area contributed by atoms with Crippen LogP contribution in [0.2, 0.25) is 0 Å². The molecule has 0 radical (unpaired) electrons. The molecule has 2 heterocycles. The summed E-state index contributed by atoms with van der Waals surface area (Å²) in [5.41, 5.74) is 8.85. The van der Waals surface area contributed by atoms with Crippen molar-refractivity contribution in [1.82, 2.24) is 0 Å². The maximum atomic E-state index is 13.3. The lowest BCUT2D eigenvalue weighted by Crippen LogP contribution is -2.27. The first-order chi connectivity index (χ1) is 24.0. The van der Waals surface area contributed by atoms with Gasteiger partial charge in [-0.2, -0.15) is 0 Å². The minimum atomic E-state index is -1.48. The number of nitrogens with zero attached hydrogens (tertiary/aromatic N) is 1. The number of carbonyl (C=O) groups is 4. The summed E-state index contributed by atoms with van der Waals surface area (Å²) in [4.78, 5) is 54.1. The SMILES string of the molecule is CC1(C)c2ccccc2-c2ccc(N3c4ccc(-c5ccc(C=C6C(=O)c7cc(C(=O)O)c(C(=O)O)cc7C6=O)s5)cc4C4CCCC43)cc21. The van der Waals surface area contributed by atoms with Crippen LogP contribution in [0.25, 0.3) is 27.6 Å².